The van der Waals surface area contributed by atoms with Gasteiger partial charge in [0.2, 0.25) is 5.75 Å². The average molecular weight is 358 g/mol. The third-order valence-corrected chi connectivity index (χ3v) is 4.54. The van der Waals surface area contributed by atoms with E-state index in [0.717, 1.165) is 24.0 Å². The normalized spacial score (nSPS) is 17.1. The first-order chi connectivity index (χ1) is 12.7. The standard InChI is InChI=1S/C19H22N2O5/c1-4-23-14-7-6-13-11(3)15(25-16(13)17(14)24-5-2)19-20-18(21-26-19)12-8-9-22-10-12/h6-7,12H,4-5,8-10H2,1-3H3/t12-/m1/s1. The minimum absolute atomic E-state index is 0.181. The molecule has 0 bridgehead atoms. The van der Waals surface area contributed by atoms with Crippen molar-refractivity contribution in [2.75, 3.05) is 26.4 Å². The first kappa shape index (κ1) is 16.9. The molecule has 7 nitrogen and oxygen atoms in total. The van der Waals surface area contributed by atoms with E-state index in [2.05, 4.69) is 10.1 Å². The molecule has 2 aromatic heterocycles. The summed E-state index contributed by atoms with van der Waals surface area (Å²) < 4.78 is 28.4. The van der Waals surface area contributed by atoms with E-state index in [1.54, 1.807) is 0 Å². The number of aryl methyl sites for hydroxylation is 1. The molecule has 0 unspecified atom stereocenters. The topological polar surface area (TPSA) is 79.8 Å². The van der Waals surface area contributed by atoms with Crippen LogP contribution in [0.5, 0.6) is 11.5 Å². The number of aromatic nitrogens is 2. The molecule has 1 aliphatic rings. The summed E-state index contributed by atoms with van der Waals surface area (Å²) in [6, 6.07) is 3.87. The minimum atomic E-state index is 0.181. The van der Waals surface area contributed by atoms with Gasteiger partial charge in [-0.15, -0.1) is 0 Å². The molecular formula is C19H22N2O5. The van der Waals surface area contributed by atoms with Gasteiger partial charge in [-0.05, 0) is 39.3 Å². The number of benzene rings is 1. The van der Waals surface area contributed by atoms with E-state index in [-0.39, 0.29) is 5.92 Å². The van der Waals surface area contributed by atoms with Crippen molar-refractivity contribution in [3.63, 3.8) is 0 Å². The number of furan rings is 1. The van der Waals surface area contributed by atoms with Crippen molar-refractivity contribution in [2.24, 2.45) is 0 Å². The second kappa shape index (κ2) is 6.99. The maximum absolute atomic E-state index is 6.10. The molecule has 3 heterocycles. The lowest BCUT2D eigenvalue weighted by Crippen LogP contribution is -1.99. The predicted molar refractivity (Wildman–Crippen MR) is 94.8 cm³/mol. The van der Waals surface area contributed by atoms with E-state index in [1.165, 1.54) is 0 Å². The zero-order valence-corrected chi connectivity index (χ0v) is 15.2. The molecule has 138 valence electrons. The molecular weight excluding hydrogens is 336 g/mol. The summed E-state index contributed by atoms with van der Waals surface area (Å²) in [5.74, 6) is 3.05. The van der Waals surface area contributed by atoms with Gasteiger partial charge in [0.1, 0.15) is 0 Å². The number of fused-ring (bicyclic) bond motifs is 1. The predicted octanol–water partition coefficient (Wildman–Crippen LogP) is 4.09. The van der Waals surface area contributed by atoms with Crippen LogP contribution in [0.15, 0.2) is 21.1 Å². The van der Waals surface area contributed by atoms with Crippen LogP contribution >= 0.6 is 0 Å². The summed E-state index contributed by atoms with van der Waals surface area (Å²) in [5.41, 5.74) is 1.57. The monoisotopic (exact) mass is 358 g/mol. The lowest BCUT2D eigenvalue weighted by Gasteiger charge is -2.10. The number of hydrogen-bond acceptors (Lipinski definition) is 7. The van der Waals surface area contributed by atoms with Gasteiger partial charge < -0.3 is 23.2 Å². The molecule has 0 amide bonds. The van der Waals surface area contributed by atoms with Crippen LogP contribution in [-0.4, -0.2) is 36.6 Å². The fraction of sp³-hybridized carbons (Fsp3) is 0.474. The Labute approximate surface area is 151 Å². The largest absolute Gasteiger partial charge is 0.490 e. The van der Waals surface area contributed by atoms with E-state index in [0.29, 0.717) is 54.4 Å². The molecule has 0 saturated carbocycles. The van der Waals surface area contributed by atoms with Gasteiger partial charge in [0, 0.05) is 23.5 Å². The number of ether oxygens (including phenoxy) is 3. The van der Waals surface area contributed by atoms with Gasteiger partial charge in [0.15, 0.2) is 22.9 Å². The van der Waals surface area contributed by atoms with Crippen molar-refractivity contribution in [3.8, 4) is 23.1 Å². The fourth-order valence-electron chi connectivity index (χ4n) is 3.23. The van der Waals surface area contributed by atoms with Crippen LogP contribution < -0.4 is 9.47 Å². The molecule has 0 aliphatic carbocycles. The maximum Gasteiger partial charge on any atom is 0.293 e. The van der Waals surface area contributed by atoms with Gasteiger partial charge in [-0.25, -0.2) is 0 Å². The third kappa shape index (κ3) is 2.82. The molecule has 1 fully saturated rings. The Bertz CT molecular complexity index is 908. The van der Waals surface area contributed by atoms with Gasteiger partial charge in [-0.1, -0.05) is 5.16 Å². The second-order valence-electron chi connectivity index (χ2n) is 6.21. The van der Waals surface area contributed by atoms with Crippen molar-refractivity contribution in [1.82, 2.24) is 10.1 Å². The average Bonchev–Trinajstić information content (AvgIpc) is 3.37. The summed E-state index contributed by atoms with van der Waals surface area (Å²) in [7, 11) is 0. The zero-order valence-electron chi connectivity index (χ0n) is 15.2. The Balaban J connectivity index is 1.78. The molecule has 1 atom stereocenters. The van der Waals surface area contributed by atoms with Gasteiger partial charge in [-0.3, -0.25) is 0 Å². The van der Waals surface area contributed by atoms with E-state index < -0.39 is 0 Å². The van der Waals surface area contributed by atoms with Crippen molar-refractivity contribution in [1.29, 1.82) is 0 Å². The first-order valence-electron chi connectivity index (χ1n) is 8.96. The molecule has 1 aliphatic heterocycles. The molecule has 4 rings (SSSR count). The summed E-state index contributed by atoms with van der Waals surface area (Å²) in [6.45, 7) is 8.26. The van der Waals surface area contributed by atoms with Crippen molar-refractivity contribution < 1.29 is 23.2 Å². The van der Waals surface area contributed by atoms with Gasteiger partial charge in [-0.2, -0.15) is 4.98 Å². The van der Waals surface area contributed by atoms with E-state index in [9.17, 15) is 0 Å². The molecule has 0 spiro atoms. The van der Waals surface area contributed by atoms with Crippen molar-refractivity contribution >= 4 is 11.0 Å². The lowest BCUT2D eigenvalue weighted by molar-refractivity contribution is 0.192. The van der Waals surface area contributed by atoms with Crippen LogP contribution in [0.2, 0.25) is 0 Å². The summed E-state index contributed by atoms with van der Waals surface area (Å²) >= 11 is 0. The van der Waals surface area contributed by atoms with Crippen LogP contribution in [-0.2, 0) is 4.74 Å². The summed E-state index contributed by atoms with van der Waals surface area (Å²) in [4.78, 5) is 4.53. The lowest BCUT2D eigenvalue weighted by atomic mass is 10.1. The Kier molecular flexibility index (Phi) is 4.55. The first-order valence-corrected chi connectivity index (χ1v) is 8.96. The highest BCUT2D eigenvalue weighted by molar-refractivity contribution is 5.92. The van der Waals surface area contributed by atoms with Crippen LogP contribution in [0.4, 0.5) is 0 Å². The Morgan fingerprint density at radius 1 is 1.19 bits per heavy atom. The maximum atomic E-state index is 6.10. The zero-order chi connectivity index (χ0) is 18.1. The molecule has 0 N–H and O–H groups in total. The van der Waals surface area contributed by atoms with Crippen molar-refractivity contribution in [3.05, 3.63) is 23.5 Å². The Hall–Kier alpha value is -2.54. The number of nitrogens with zero attached hydrogens (tertiary/aromatic N) is 2. The van der Waals surface area contributed by atoms with E-state index >= 15 is 0 Å². The highest BCUT2D eigenvalue weighted by Gasteiger charge is 2.26. The smallest absolute Gasteiger partial charge is 0.293 e. The number of hydrogen-bond donors (Lipinski definition) is 0. The summed E-state index contributed by atoms with van der Waals surface area (Å²) in [6.07, 6.45) is 0.907. The van der Waals surface area contributed by atoms with Gasteiger partial charge >= 0.3 is 0 Å². The highest BCUT2D eigenvalue weighted by Crippen LogP contribution is 2.42. The summed E-state index contributed by atoms with van der Waals surface area (Å²) in [5, 5.41) is 5.05. The SMILES string of the molecule is CCOc1ccc2c(C)c(-c3nc([C@@H]4CCOC4)no3)oc2c1OCC. The van der Waals surface area contributed by atoms with Crippen LogP contribution in [0.1, 0.15) is 37.6 Å². The Morgan fingerprint density at radius 3 is 2.77 bits per heavy atom. The van der Waals surface area contributed by atoms with Crippen LogP contribution in [0, 0.1) is 6.92 Å². The minimum Gasteiger partial charge on any atom is -0.490 e. The molecule has 0 radical (unpaired) electrons. The van der Waals surface area contributed by atoms with Crippen molar-refractivity contribution in [2.45, 2.75) is 33.1 Å². The highest BCUT2D eigenvalue weighted by atomic mass is 16.5. The van der Waals surface area contributed by atoms with Crippen LogP contribution in [0.3, 0.4) is 0 Å². The Morgan fingerprint density at radius 2 is 2.04 bits per heavy atom. The molecule has 1 saturated heterocycles. The fourth-order valence-corrected chi connectivity index (χ4v) is 3.23. The third-order valence-electron chi connectivity index (χ3n) is 4.54. The molecule has 3 aromatic rings. The second-order valence-corrected chi connectivity index (χ2v) is 6.21. The number of rotatable bonds is 6. The van der Waals surface area contributed by atoms with Gasteiger partial charge in [0.25, 0.3) is 5.89 Å². The quantitative estimate of drug-likeness (QED) is 0.656. The molecule has 26 heavy (non-hydrogen) atoms. The molecule has 1 aromatic carbocycles. The van der Waals surface area contributed by atoms with E-state index in [4.69, 9.17) is 23.2 Å². The van der Waals surface area contributed by atoms with Crippen LogP contribution in [0.25, 0.3) is 22.6 Å². The van der Waals surface area contributed by atoms with Gasteiger partial charge in [0.05, 0.1) is 19.8 Å². The van der Waals surface area contributed by atoms with E-state index in [1.807, 2.05) is 32.9 Å². The molecule has 7 heteroatoms.